The number of hydrogen-bond acceptors (Lipinski definition) is 2. The molecule has 0 bridgehead atoms. The van der Waals surface area contributed by atoms with E-state index in [1.807, 2.05) is 11.3 Å². The minimum atomic E-state index is -0.141. The van der Waals surface area contributed by atoms with E-state index in [-0.39, 0.29) is 16.2 Å². The van der Waals surface area contributed by atoms with Gasteiger partial charge in [-0.1, -0.05) is 120 Å². The fraction of sp³-hybridized carbons (Fsp3) is 0.200. The van der Waals surface area contributed by atoms with Crippen molar-refractivity contribution in [3.8, 4) is 22.3 Å². The Morgan fingerprint density at radius 1 is 0.426 bits per heavy atom. The molecule has 0 N–H and O–H groups in total. The van der Waals surface area contributed by atoms with E-state index in [0.29, 0.717) is 0 Å². The lowest BCUT2D eigenvalue weighted by Gasteiger charge is -2.49. The molecule has 0 atom stereocenters. The lowest BCUT2D eigenvalue weighted by Crippen LogP contribution is -2.43. The summed E-state index contributed by atoms with van der Waals surface area (Å²) in [6, 6.07) is 47.8. The molecule has 230 valence electrons. The van der Waals surface area contributed by atoms with Crippen LogP contribution in [0.4, 0.5) is 17.1 Å². The molecule has 1 nitrogen and oxygen atoms in total. The molecule has 0 amide bonds. The first-order valence-corrected chi connectivity index (χ1v) is 17.6. The van der Waals surface area contributed by atoms with Gasteiger partial charge in [-0.25, -0.2) is 0 Å². The summed E-state index contributed by atoms with van der Waals surface area (Å²) in [5.41, 5.74) is 14.7. The molecule has 9 rings (SSSR count). The number of fused-ring (bicyclic) bond motifs is 10. The maximum absolute atomic E-state index is 2.47. The number of anilines is 3. The first kappa shape index (κ1) is 28.6. The van der Waals surface area contributed by atoms with Gasteiger partial charge in [0.25, 0.3) is 0 Å². The van der Waals surface area contributed by atoms with Crippen LogP contribution in [0.25, 0.3) is 42.4 Å². The standard InChI is InChI=1S/C45H39NS/c1-43(2)36-23-24-37-42(32-17-10-12-18-35(32)44(3,4)45(37,5)6)41(36)33-22-20-30(27-38(33)43)46(28-14-8-7-9-15-28)29-21-25-40-34(26-29)31-16-11-13-19-39(31)47-40/h7-27H,1-6H3. The minimum absolute atomic E-state index is 0.0106. The van der Waals surface area contributed by atoms with Crippen molar-refractivity contribution < 1.29 is 0 Å². The predicted molar refractivity (Wildman–Crippen MR) is 203 cm³/mol. The second-order valence-corrected chi connectivity index (χ2v) is 16.1. The molecule has 0 fully saturated rings. The minimum Gasteiger partial charge on any atom is -0.310 e. The van der Waals surface area contributed by atoms with Gasteiger partial charge in [0.05, 0.1) is 0 Å². The van der Waals surface area contributed by atoms with Crippen molar-refractivity contribution in [1.82, 2.24) is 0 Å². The van der Waals surface area contributed by atoms with Crippen LogP contribution in [0.15, 0.2) is 127 Å². The van der Waals surface area contributed by atoms with Gasteiger partial charge in [0.2, 0.25) is 0 Å². The third-order valence-electron chi connectivity index (χ3n) is 11.8. The third kappa shape index (κ3) is 3.82. The van der Waals surface area contributed by atoms with Gasteiger partial charge in [-0.2, -0.15) is 0 Å². The number of nitrogens with zero attached hydrogens (tertiary/aromatic N) is 1. The highest BCUT2D eigenvalue weighted by Crippen LogP contribution is 2.61. The Morgan fingerprint density at radius 3 is 1.85 bits per heavy atom. The van der Waals surface area contributed by atoms with Crippen LogP contribution in [0.3, 0.4) is 0 Å². The summed E-state index contributed by atoms with van der Waals surface area (Å²) in [4.78, 5) is 2.43. The maximum Gasteiger partial charge on any atom is 0.0468 e. The molecule has 0 unspecified atom stereocenters. The van der Waals surface area contributed by atoms with Gasteiger partial charge in [-0.15, -0.1) is 11.3 Å². The largest absolute Gasteiger partial charge is 0.310 e. The van der Waals surface area contributed by atoms with Crippen LogP contribution >= 0.6 is 11.3 Å². The summed E-state index contributed by atoms with van der Waals surface area (Å²) in [5, 5.41) is 2.64. The van der Waals surface area contributed by atoms with Crippen LogP contribution in [0.5, 0.6) is 0 Å². The van der Waals surface area contributed by atoms with Crippen molar-refractivity contribution in [1.29, 1.82) is 0 Å². The molecule has 2 aliphatic carbocycles. The predicted octanol–water partition coefficient (Wildman–Crippen LogP) is 13.1. The molecule has 7 aromatic rings. The fourth-order valence-electron chi connectivity index (χ4n) is 8.55. The smallest absolute Gasteiger partial charge is 0.0468 e. The van der Waals surface area contributed by atoms with Crippen molar-refractivity contribution in [2.24, 2.45) is 0 Å². The molecular formula is C45H39NS. The molecule has 2 aliphatic rings. The van der Waals surface area contributed by atoms with Crippen molar-refractivity contribution in [3.05, 3.63) is 150 Å². The molecule has 0 spiro atoms. The van der Waals surface area contributed by atoms with E-state index in [9.17, 15) is 0 Å². The summed E-state index contributed by atoms with van der Waals surface area (Å²) in [6.07, 6.45) is 0. The Morgan fingerprint density at radius 2 is 1.02 bits per heavy atom. The second kappa shape index (κ2) is 9.69. The highest BCUT2D eigenvalue weighted by Gasteiger charge is 2.48. The van der Waals surface area contributed by atoms with Crippen molar-refractivity contribution in [2.75, 3.05) is 4.90 Å². The highest BCUT2D eigenvalue weighted by molar-refractivity contribution is 7.25. The Balaban J connectivity index is 1.27. The van der Waals surface area contributed by atoms with E-state index >= 15 is 0 Å². The number of benzene rings is 6. The van der Waals surface area contributed by atoms with Gasteiger partial charge in [0, 0.05) is 42.6 Å². The van der Waals surface area contributed by atoms with Gasteiger partial charge in [0.1, 0.15) is 0 Å². The Kier molecular flexibility index (Phi) is 5.88. The molecule has 0 aliphatic heterocycles. The van der Waals surface area contributed by atoms with Crippen molar-refractivity contribution >= 4 is 48.6 Å². The molecule has 2 heteroatoms. The third-order valence-corrected chi connectivity index (χ3v) is 13.0. The quantitative estimate of drug-likeness (QED) is 0.189. The van der Waals surface area contributed by atoms with Crippen LogP contribution in [0, 0.1) is 0 Å². The number of hydrogen-bond donors (Lipinski definition) is 0. The second-order valence-electron chi connectivity index (χ2n) is 15.0. The van der Waals surface area contributed by atoms with Crippen LogP contribution in [0.1, 0.15) is 63.8 Å². The van der Waals surface area contributed by atoms with Crippen LogP contribution in [0.2, 0.25) is 0 Å². The molecule has 0 saturated heterocycles. The first-order chi connectivity index (χ1) is 22.6. The normalized spacial score (nSPS) is 16.4. The number of rotatable bonds is 3. The molecule has 47 heavy (non-hydrogen) atoms. The van der Waals surface area contributed by atoms with Gasteiger partial charge in [0.15, 0.2) is 0 Å². The zero-order valence-electron chi connectivity index (χ0n) is 28.0. The van der Waals surface area contributed by atoms with E-state index in [1.54, 1.807) is 0 Å². The number of para-hydroxylation sites is 1. The van der Waals surface area contributed by atoms with E-state index in [4.69, 9.17) is 0 Å². The van der Waals surface area contributed by atoms with Crippen molar-refractivity contribution in [2.45, 2.75) is 57.8 Å². The highest BCUT2D eigenvalue weighted by atomic mass is 32.1. The molecule has 0 radical (unpaired) electrons. The Hall–Kier alpha value is -4.66. The summed E-state index contributed by atoms with van der Waals surface area (Å²) in [7, 11) is 0. The molecule has 6 aromatic carbocycles. The number of thiophene rings is 1. The van der Waals surface area contributed by atoms with Gasteiger partial charge < -0.3 is 4.90 Å². The van der Waals surface area contributed by atoms with E-state index in [0.717, 1.165) is 5.69 Å². The van der Waals surface area contributed by atoms with Crippen LogP contribution in [-0.4, -0.2) is 0 Å². The first-order valence-electron chi connectivity index (χ1n) is 16.8. The van der Waals surface area contributed by atoms with Crippen LogP contribution < -0.4 is 4.90 Å². The van der Waals surface area contributed by atoms with Gasteiger partial charge >= 0.3 is 0 Å². The van der Waals surface area contributed by atoms with Gasteiger partial charge in [-0.3, -0.25) is 0 Å². The van der Waals surface area contributed by atoms with Crippen LogP contribution in [-0.2, 0) is 16.2 Å². The topological polar surface area (TPSA) is 3.24 Å². The summed E-state index contributed by atoms with van der Waals surface area (Å²) in [5.74, 6) is 0. The lowest BCUT2D eigenvalue weighted by atomic mass is 9.54. The summed E-state index contributed by atoms with van der Waals surface area (Å²) < 4.78 is 2.66. The average molecular weight is 626 g/mol. The molecular weight excluding hydrogens is 587 g/mol. The average Bonchev–Trinajstić information content (AvgIpc) is 3.56. The molecule has 1 heterocycles. The molecule has 1 aromatic heterocycles. The SMILES string of the molecule is CC1(C)c2cc(N(c3ccccc3)c3ccc4sc5ccccc5c4c3)ccc2-c2c1ccc1c2-c2ccccc2C(C)(C)C1(C)C. The zero-order chi connectivity index (χ0) is 32.3. The molecule has 0 saturated carbocycles. The van der Waals surface area contributed by atoms with Crippen molar-refractivity contribution in [3.63, 3.8) is 0 Å². The Bertz CT molecular complexity index is 2390. The summed E-state index contributed by atoms with van der Waals surface area (Å²) in [6.45, 7) is 14.5. The zero-order valence-corrected chi connectivity index (χ0v) is 28.8. The van der Waals surface area contributed by atoms with Gasteiger partial charge in [-0.05, 0) is 104 Å². The van der Waals surface area contributed by atoms with E-state index < -0.39 is 0 Å². The fourth-order valence-corrected chi connectivity index (χ4v) is 9.64. The Labute approximate surface area is 282 Å². The van der Waals surface area contributed by atoms with E-state index in [2.05, 4.69) is 174 Å². The van der Waals surface area contributed by atoms with E-state index in [1.165, 1.54) is 76.1 Å². The summed E-state index contributed by atoms with van der Waals surface area (Å²) >= 11 is 1.87. The lowest BCUT2D eigenvalue weighted by molar-refractivity contribution is 0.299. The monoisotopic (exact) mass is 625 g/mol. The maximum atomic E-state index is 2.47.